The summed E-state index contributed by atoms with van der Waals surface area (Å²) >= 11 is 1.79. The Morgan fingerprint density at radius 1 is 1.10 bits per heavy atom. The number of rotatable bonds is 9. The molecular formula is C23H27N5OS. The van der Waals surface area contributed by atoms with Gasteiger partial charge in [-0.2, -0.15) is 16.8 Å². The fraction of sp³-hybridized carbons (Fsp3) is 0.304. The Kier molecular flexibility index (Phi) is 7.79. The first-order valence-electron chi connectivity index (χ1n) is 9.97. The Labute approximate surface area is 181 Å². The van der Waals surface area contributed by atoms with Crippen LogP contribution in [0.1, 0.15) is 37.3 Å². The first-order chi connectivity index (χ1) is 14.5. The van der Waals surface area contributed by atoms with Crippen molar-refractivity contribution in [2.45, 2.75) is 38.4 Å². The maximum absolute atomic E-state index is 12.6. The lowest BCUT2D eigenvalue weighted by Gasteiger charge is -2.16. The highest BCUT2D eigenvalue weighted by atomic mass is 32.2. The normalized spacial score (nSPS) is 13.9. The van der Waals surface area contributed by atoms with E-state index >= 15 is 0 Å². The van der Waals surface area contributed by atoms with Gasteiger partial charge in [0.2, 0.25) is 0 Å². The molecule has 1 aromatic heterocycles. The Morgan fingerprint density at radius 2 is 1.90 bits per heavy atom. The Bertz CT molecular complexity index is 978. The van der Waals surface area contributed by atoms with Gasteiger partial charge < -0.3 is 11.5 Å². The summed E-state index contributed by atoms with van der Waals surface area (Å²) in [6, 6.07) is 14.1. The van der Waals surface area contributed by atoms with Crippen molar-refractivity contribution in [1.82, 2.24) is 4.98 Å². The zero-order valence-corrected chi connectivity index (χ0v) is 18.0. The van der Waals surface area contributed by atoms with E-state index in [2.05, 4.69) is 22.1 Å². The molecule has 0 unspecified atom stereocenters. The van der Waals surface area contributed by atoms with Crippen molar-refractivity contribution >= 4 is 35.0 Å². The predicted octanol–water partition coefficient (Wildman–Crippen LogP) is 3.93. The quantitative estimate of drug-likeness (QED) is 0.362. The lowest BCUT2D eigenvalue weighted by atomic mass is 9.94. The second-order valence-corrected chi connectivity index (χ2v) is 8.29. The van der Waals surface area contributed by atoms with Crippen molar-refractivity contribution in [2.24, 2.45) is 21.5 Å². The molecular weight excluding hydrogens is 394 g/mol. The summed E-state index contributed by atoms with van der Waals surface area (Å²) in [7, 11) is 0. The number of thioether (sulfide) groups is 1. The molecule has 1 aliphatic rings. The van der Waals surface area contributed by atoms with E-state index in [0.29, 0.717) is 12.2 Å². The number of hydrogen-bond acceptors (Lipinski definition) is 5. The van der Waals surface area contributed by atoms with Crippen LogP contribution in [0.25, 0.3) is 0 Å². The summed E-state index contributed by atoms with van der Waals surface area (Å²) in [4.78, 5) is 25.4. The van der Waals surface area contributed by atoms with E-state index in [9.17, 15) is 4.79 Å². The van der Waals surface area contributed by atoms with Gasteiger partial charge in [-0.1, -0.05) is 30.3 Å². The van der Waals surface area contributed by atoms with Gasteiger partial charge >= 0.3 is 0 Å². The van der Waals surface area contributed by atoms with Gasteiger partial charge in [0.1, 0.15) is 0 Å². The van der Waals surface area contributed by atoms with Crippen LogP contribution in [0.3, 0.4) is 0 Å². The number of aryl methyl sites for hydroxylation is 1. The van der Waals surface area contributed by atoms with Crippen LogP contribution in [-0.4, -0.2) is 28.2 Å². The van der Waals surface area contributed by atoms with Crippen LogP contribution in [0.2, 0.25) is 0 Å². The summed E-state index contributed by atoms with van der Waals surface area (Å²) < 4.78 is 0. The van der Waals surface area contributed by atoms with Crippen LogP contribution in [-0.2, 0) is 17.0 Å². The Morgan fingerprint density at radius 3 is 2.63 bits per heavy atom. The third-order valence-corrected chi connectivity index (χ3v) is 5.86. The minimum absolute atomic E-state index is 0.00107. The first kappa shape index (κ1) is 21.8. The average molecular weight is 422 g/mol. The number of guanidine groups is 1. The monoisotopic (exact) mass is 421 g/mol. The van der Waals surface area contributed by atoms with Gasteiger partial charge in [-0.05, 0) is 55.2 Å². The second kappa shape index (κ2) is 10.7. The molecule has 1 aromatic carbocycles. The zero-order chi connectivity index (χ0) is 21.3. The summed E-state index contributed by atoms with van der Waals surface area (Å²) in [5, 5.41) is 0. The van der Waals surface area contributed by atoms with Crippen LogP contribution in [0.15, 0.2) is 69.9 Å². The summed E-state index contributed by atoms with van der Waals surface area (Å²) in [5.74, 6) is 2.46. The minimum atomic E-state index is -0.00107. The highest BCUT2D eigenvalue weighted by Gasteiger charge is 2.20. The van der Waals surface area contributed by atoms with Crippen LogP contribution >= 0.6 is 11.8 Å². The fourth-order valence-corrected chi connectivity index (χ4v) is 4.28. The average Bonchev–Trinajstić information content (AvgIpc) is 2.71. The van der Waals surface area contributed by atoms with Gasteiger partial charge in [0.15, 0.2) is 17.6 Å². The number of carbonyl (C=O) groups excluding carboxylic acids is 1. The van der Waals surface area contributed by atoms with E-state index < -0.39 is 0 Å². The SMILES string of the molecule is CC1=C(CCc2ccccc2)C(=O)CC(CCSCc2ccnc(N=C(N)N)c2)=N1. The summed E-state index contributed by atoms with van der Waals surface area (Å²) in [5.41, 5.74) is 15.9. The topological polar surface area (TPSA) is 107 Å². The van der Waals surface area contributed by atoms with Gasteiger partial charge in [-0.15, -0.1) is 0 Å². The van der Waals surface area contributed by atoms with Crippen molar-refractivity contribution in [1.29, 1.82) is 0 Å². The Balaban J connectivity index is 1.50. The number of nitrogens with two attached hydrogens (primary N) is 2. The largest absolute Gasteiger partial charge is 0.370 e. The molecule has 1 aliphatic heterocycles. The van der Waals surface area contributed by atoms with Crippen LogP contribution in [0.4, 0.5) is 5.82 Å². The molecule has 0 spiro atoms. The molecule has 0 bridgehead atoms. The van der Waals surface area contributed by atoms with E-state index in [1.54, 1.807) is 18.0 Å². The zero-order valence-electron chi connectivity index (χ0n) is 17.2. The van der Waals surface area contributed by atoms with Gasteiger partial charge in [0, 0.05) is 35.4 Å². The lowest BCUT2D eigenvalue weighted by Crippen LogP contribution is -2.22. The maximum Gasteiger partial charge on any atom is 0.192 e. The van der Waals surface area contributed by atoms with Gasteiger partial charge in [-0.3, -0.25) is 9.79 Å². The van der Waals surface area contributed by atoms with Crippen molar-refractivity contribution in [2.75, 3.05) is 5.75 Å². The van der Waals surface area contributed by atoms with Crippen molar-refractivity contribution < 1.29 is 4.79 Å². The third-order valence-electron chi connectivity index (χ3n) is 4.83. The lowest BCUT2D eigenvalue weighted by molar-refractivity contribution is -0.114. The summed E-state index contributed by atoms with van der Waals surface area (Å²) in [6.45, 7) is 1.95. The van der Waals surface area contributed by atoms with E-state index in [4.69, 9.17) is 16.5 Å². The number of aromatic nitrogens is 1. The van der Waals surface area contributed by atoms with Crippen molar-refractivity contribution in [3.8, 4) is 0 Å². The van der Waals surface area contributed by atoms with Gasteiger partial charge in [-0.25, -0.2) is 4.98 Å². The fourth-order valence-electron chi connectivity index (χ4n) is 3.34. The van der Waals surface area contributed by atoms with Crippen molar-refractivity contribution in [3.05, 3.63) is 71.1 Å². The maximum atomic E-state index is 12.6. The first-order valence-corrected chi connectivity index (χ1v) is 11.1. The number of nitrogens with zero attached hydrogens (tertiary/aromatic N) is 3. The van der Waals surface area contributed by atoms with E-state index in [1.807, 2.05) is 37.3 Å². The van der Waals surface area contributed by atoms with E-state index in [0.717, 1.165) is 53.3 Å². The third kappa shape index (κ3) is 6.56. The molecule has 2 aromatic rings. The van der Waals surface area contributed by atoms with Crippen LogP contribution in [0.5, 0.6) is 0 Å². The summed E-state index contributed by atoms with van der Waals surface area (Å²) in [6.07, 6.45) is 4.57. The molecule has 0 saturated carbocycles. The standard InChI is InChI=1S/C23H27N5OS/c1-16-20(8-7-17-5-3-2-4-6-17)21(29)14-19(27-16)10-12-30-15-18-9-11-26-22(13-18)28-23(24)25/h2-6,9,11,13H,7-8,10,12,14-15H2,1H3,(H4,24,25,26,28). The molecule has 4 N–H and O–H groups in total. The molecule has 156 valence electrons. The molecule has 0 atom stereocenters. The van der Waals surface area contributed by atoms with Gasteiger partial charge in [0.25, 0.3) is 0 Å². The molecule has 0 radical (unpaired) electrons. The molecule has 0 aliphatic carbocycles. The van der Waals surface area contributed by atoms with E-state index in [-0.39, 0.29) is 11.7 Å². The number of benzene rings is 1. The number of pyridine rings is 1. The molecule has 2 heterocycles. The number of Topliss-reactive ketones (excluding diaryl/α,β-unsaturated/α-hetero) is 1. The number of allylic oxidation sites excluding steroid dienone is 2. The molecule has 6 nitrogen and oxygen atoms in total. The van der Waals surface area contributed by atoms with E-state index in [1.165, 1.54) is 5.56 Å². The number of hydrogen-bond donors (Lipinski definition) is 2. The smallest absolute Gasteiger partial charge is 0.192 e. The second-order valence-electron chi connectivity index (χ2n) is 7.19. The predicted molar refractivity (Wildman–Crippen MR) is 125 cm³/mol. The number of aliphatic imine (C=N–C) groups is 2. The molecule has 30 heavy (non-hydrogen) atoms. The highest BCUT2D eigenvalue weighted by Crippen LogP contribution is 2.24. The molecule has 0 saturated heterocycles. The number of carbonyl (C=O) groups is 1. The van der Waals surface area contributed by atoms with Crippen LogP contribution < -0.4 is 11.5 Å². The molecule has 3 rings (SSSR count). The minimum Gasteiger partial charge on any atom is -0.370 e. The molecule has 0 fully saturated rings. The van der Waals surface area contributed by atoms with Gasteiger partial charge in [0.05, 0.1) is 0 Å². The molecule has 7 heteroatoms. The molecule has 0 amide bonds. The highest BCUT2D eigenvalue weighted by molar-refractivity contribution is 7.98. The number of ketones is 1. The van der Waals surface area contributed by atoms with Crippen LogP contribution in [0, 0.1) is 0 Å². The Hall–Kier alpha value is -2.93. The van der Waals surface area contributed by atoms with Crippen molar-refractivity contribution in [3.63, 3.8) is 0 Å².